The molecule has 0 heterocycles. The third-order valence-corrected chi connectivity index (χ3v) is 3.32. The average Bonchev–Trinajstić information content (AvgIpc) is 2.37. The number of hydrogen-bond acceptors (Lipinski definition) is 4. The van der Waals surface area contributed by atoms with Gasteiger partial charge >= 0.3 is 0 Å². The van der Waals surface area contributed by atoms with E-state index in [4.69, 9.17) is 32.7 Å². The van der Waals surface area contributed by atoms with Gasteiger partial charge in [0.2, 0.25) is 0 Å². The molecule has 1 rings (SSSR count). The predicted octanol–water partition coefficient (Wildman–Crippen LogP) is 3.14. The van der Waals surface area contributed by atoms with Crippen molar-refractivity contribution in [2.75, 3.05) is 26.3 Å². The number of aliphatic hydroxyl groups excluding tert-OH is 1. The molecule has 0 amide bonds. The maximum atomic E-state index is 9.89. The Kier molecular flexibility index (Phi) is 7.77. The van der Waals surface area contributed by atoms with Crippen LogP contribution in [0.4, 0.5) is 0 Å². The van der Waals surface area contributed by atoms with Gasteiger partial charge in [0.1, 0.15) is 18.5 Å². The molecule has 0 saturated carbocycles. The SMILES string of the molecule is CCOC(C)(C)CNCC(O)COc1ccc(Cl)cc1Cl. The molecule has 1 atom stereocenters. The van der Waals surface area contributed by atoms with Gasteiger partial charge in [-0.15, -0.1) is 0 Å². The number of nitrogens with one attached hydrogen (secondary N) is 1. The lowest BCUT2D eigenvalue weighted by Crippen LogP contribution is -2.41. The van der Waals surface area contributed by atoms with Crippen LogP contribution in [0.2, 0.25) is 10.0 Å². The van der Waals surface area contributed by atoms with E-state index in [0.717, 1.165) is 0 Å². The lowest BCUT2D eigenvalue weighted by atomic mass is 10.1. The first kappa shape index (κ1) is 18.5. The second-order valence-electron chi connectivity index (χ2n) is 5.36. The van der Waals surface area contributed by atoms with E-state index in [-0.39, 0.29) is 12.2 Å². The van der Waals surface area contributed by atoms with Crippen molar-refractivity contribution in [3.8, 4) is 5.75 Å². The molecule has 6 heteroatoms. The third-order valence-electron chi connectivity index (χ3n) is 2.79. The van der Waals surface area contributed by atoms with Crippen molar-refractivity contribution in [1.29, 1.82) is 0 Å². The summed E-state index contributed by atoms with van der Waals surface area (Å²) in [6, 6.07) is 4.98. The highest BCUT2D eigenvalue weighted by Gasteiger charge is 2.17. The monoisotopic (exact) mass is 335 g/mol. The first-order chi connectivity index (χ1) is 9.84. The molecule has 120 valence electrons. The van der Waals surface area contributed by atoms with Crippen molar-refractivity contribution in [3.63, 3.8) is 0 Å². The lowest BCUT2D eigenvalue weighted by molar-refractivity contribution is -0.0112. The Bertz CT molecular complexity index is 441. The number of aliphatic hydroxyl groups is 1. The fraction of sp³-hybridized carbons (Fsp3) is 0.600. The number of benzene rings is 1. The van der Waals surface area contributed by atoms with Crippen LogP contribution in [0.1, 0.15) is 20.8 Å². The van der Waals surface area contributed by atoms with Gasteiger partial charge in [-0.3, -0.25) is 0 Å². The van der Waals surface area contributed by atoms with Crippen LogP contribution in [0.25, 0.3) is 0 Å². The predicted molar refractivity (Wildman–Crippen MR) is 86.5 cm³/mol. The zero-order valence-electron chi connectivity index (χ0n) is 12.7. The van der Waals surface area contributed by atoms with Crippen LogP contribution in [0.5, 0.6) is 5.75 Å². The highest BCUT2D eigenvalue weighted by Crippen LogP contribution is 2.27. The zero-order valence-corrected chi connectivity index (χ0v) is 14.2. The van der Waals surface area contributed by atoms with E-state index in [1.54, 1.807) is 18.2 Å². The van der Waals surface area contributed by atoms with Gasteiger partial charge in [-0.1, -0.05) is 23.2 Å². The second kappa shape index (κ2) is 8.81. The van der Waals surface area contributed by atoms with Crippen LogP contribution in [-0.4, -0.2) is 43.1 Å². The fourth-order valence-corrected chi connectivity index (χ4v) is 2.28. The van der Waals surface area contributed by atoms with Gasteiger partial charge < -0.3 is 19.9 Å². The minimum absolute atomic E-state index is 0.156. The highest BCUT2D eigenvalue weighted by molar-refractivity contribution is 6.35. The van der Waals surface area contributed by atoms with E-state index in [1.807, 2.05) is 20.8 Å². The smallest absolute Gasteiger partial charge is 0.138 e. The summed E-state index contributed by atoms with van der Waals surface area (Å²) in [6.07, 6.45) is -0.630. The Morgan fingerprint density at radius 1 is 1.33 bits per heavy atom. The van der Waals surface area contributed by atoms with Crippen LogP contribution in [-0.2, 0) is 4.74 Å². The van der Waals surface area contributed by atoms with Crippen LogP contribution < -0.4 is 10.1 Å². The van der Waals surface area contributed by atoms with Crippen molar-refractivity contribution in [1.82, 2.24) is 5.32 Å². The molecule has 1 aromatic carbocycles. The van der Waals surface area contributed by atoms with Crippen molar-refractivity contribution < 1.29 is 14.6 Å². The molecular formula is C15H23Cl2NO3. The van der Waals surface area contributed by atoms with Gasteiger partial charge in [-0.25, -0.2) is 0 Å². The molecule has 0 aliphatic rings. The van der Waals surface area contributed by atoms with Gasteiger partial charge in [0.15, 0.2) is 0 Å². The first-order valence-electron chi connectivity index (χ1n) is 6.94. The maximum absolute atomic E-state index is 9.89. The van der Waals surface area contributed by atoms with Crippen LogP contribution >= 0.6 is 23.2 Å². The standard InChI is InChI=1S/C15H23Cl2NO3/c1-4-21-15(2,3)10-18-8-12(19)9-20-14-6-5-11(16)7-13(14)17/h5-7,12,18-19H,4,8-10H2,1-3H3. The van der Waals surface area contributed by atoms with Gasteiger partial charge in [-0.2, -0.15) is 0 Å². The highest BCUT2D eigenvalue weighted by atomic mass is 35.5. The molecule has 2 N–H and O–H groups in total. The Morgan fingerprint density at radius 2 is 2.05 bits per heavy atom. The molecule has 0 fully saturated rings. The molecule has 0 saturated heterocycles. The van der Waals surface area contributed by atoms with Crippen molar-refractivity contribution >= 4 is 23.2 Å². The Morgan fingerprint density at radius 3 is 2.67 bits per heavy atom. The van der Waals surface area contributed by atoms with Gasteiger partial charge in [-0.05, 0) is 39.0 Å². The summed E-state index contributed by atoms with van der Waals surface area (Å²) < 4.78 is 11.0. The van der Waals surface area contributed by atoms with Gasteiger partial charge in [0, 0.05) is 24.7 Å². The number of rotatable bonds is 9. The Labute approximate surface area is 136 Å². The minimum Gasteiger partial charge on any atom is -0.489 e. The van der Waals surface area contributed by atoms with E-state index in [0.29, 0.717) is 35.5 Å². The van der Waals surface area contributed by atoms with Crippen molar-refractivity contribution in [2.45, 2.75) is 32.5 Å². The molecule has 0 aliphatic heterocycles. The van der Waals surface area contributed by atoms with Gasteiger partial charge in [0.05, 0.1) is 10.6 Å². The minimum atomic E-state index is -0.630. The van der Waals surface area contributed by atoms with E-state index < -0.39 is 6.10 Å². The summed E-state index contributed by atoms with van der Waals surface area (Å²) in [5.41, 5.74) is -0.255. The molecule has 0 aliphatic carbocycles. The molecule has 0 spiro atoms. The van der Waals surface area contributed by atoms with E-state index in [9.17, 15) is 5.11 Å². The summed E-state index contributed by atoms with van der Waals surface area (Å²) in [5, 5.41) is 14.0. The molecule has 21 heavy (non-hydrogen) atoms. The van der Waals surface area contributed by atoms with Crippen LogP contribution in [0.15, 0.2) is 18.2 Å². The fourth-order valence-electron chi connectivity index (χ4n) is 1.82. The molecule has 0 radical (unpaired) electrons. The largest absolute Gasteiger partial charge is 0.489 e. The van der Waals surface area contributed by atoms with Crippen molar-refractivity contribution in [2.24, 2.45) is 0 Å². The number of halogens is 2. The summed E-state index contributed by atoms with van der Waals surface area (Å²) in [4.78, 5) is 0. The van der Waals surface area contributed by atoms with E-state index >= 15 is 0 Å². The summed E-state index contributed by atoms with van der Waals surface area (Å²) in [6.45, 7) is 7.85. The number of hydrogen-bond donors (Lipinski definition) is 2. The summed E-state index contributed by atoms with van der Waals surface area (Å²) >= 11 is 11.8. The Balaban J connectivity index is 2.29. The number of ether oxygens (including phenoxy) is 2. The van der Waals surface area contributed by atoms with E-state index in [1.165, 1.54) is 0 Å². The Hall–Kier alpha value is -0.520. The van der Waals surface area contributed by atoms with Gasteiger partial charge in [0.25, 0.3) is 0 Å². The van der Waals surface area contributed by atoms with Crippen LogP contribution in [0, 0.1) is 0 Å². The molecule has 1 aromatic rings. The maximum Gasteiger partial charge on any atom is 0.138 e. The first-order valence-corrected chi connectivity index (χ1v) is 7.70. The van der Waals surface area contributed by atoms with E-state index in [2.05, 4.69) is 5.32 Å². The summed E-state index contributed by atoms with van der Waals surface area (Å²) in [5.74, 6) is 0.509. The molecule has 1 unspecified atom stereocenters. The molecule has 0 aromatic heterocycles. The average molecular weight is 336 g/mol. The zero-order chi connectivity index (χ0) is 15.9. The summed E-state index contributed by atoms with van der Waals surface area (Å²) in [7, 11) is 0. The second-order valence-corrected chi connectivity index (χ2v) is 6.21. The van der Waals surface area contributed by atoms with Crippen molar-refractivity contribution in [3.05, 3.63) is 28.2 Å². The molecule has 4 nitrogen and oxygen atoms in total. The molecule has 0 bridgehead atoms. The van der Waals surface area contributed by atoms with Crippen LogP contribution in [0.3, 0.4) is 0 Å². The molecular weight excluding hydrogens is 313 g/mol. The quantitative estimate of drug-likeness (QED) is 0.727. The normalized spacial score (nSPS) is 13.2. The topological polar surface area (TPSA) is 50.7 Å². The lowest BCUT2D eigenvalue weighted by Gasteiger charge is -2.25. The third kappa shape index (κ3) is 7.34.